The van der Waals surface area contributed by atoms with E-state index in [9.17, 15) is 9.59 Å². The zero-order chi connectivity index (χ0) is 11.4. The molecule has 5 heteroatoms. The number of rotatable bonds is 3. The van der Waals surface area contributed by atoms with E-state index in [0.29, 0.717) is 10.0 Å². The number of carboxylic acids is 2. The standard InChI is InChI=1S/C10H7BrO4/c11-7-2-3-8(10(14)15)6(5-7)1-4-9(12)13/h1-5H,(H,12,13)(H,14,15)/b4-1+. The first-order valence-electron chi connectivity index (χ1n) is 3.94. The second-order valence-electron chi connectivity index (χ2n) is 2.71. The summed E-state index contributed by atoms with van der Waals surface area (Å²) in [5.74, 6) is -2.21. The molecule has 78 valence electrons. The summed E-state index contributed by atoms with van der Waals surface area (Å²) in [6.45, 7) is 0. The third kappa shape index (κ3) is 3.21. The zero-order valence-corrected chi connectivity index (χ0v) is 9.06. The number of carboxylic acid groups (broad SMARTS) is 2. The number of hydrogen-bond donors (Lipinski definition) is 2. The van der Waals surface area contributed by atoms with Crippen LogP contribution in [0.2, 0.25) is 0 Å². The lowest BCUT2D eigenvalue weighted by molar-refractivity contribution is -0.131. The van der Waals surface area contributed by atoms with E-state index in [4.69, 9.17) is 10.2 Å². The van der Waals surface area contributed by atoms with Crippen molar-refractivity contribution in [1.29, 1.82) is 0 Å². The topological polar surface area (TPSA) is 74.6 Å². The SMILES string of the molecule is O=C(O)/C=C/c1cc(Br)ccc1C(=O)O. The summed E-state index contributed by atoms with van der Waals surface area (Å²) in [6, 6.07) is 4.54. The Morgan fingerprint density at radius 3 is 2.47 bits per heavy atom. The van der Waals surface area contributed by atoms with Gasteiger partial charge >= 0.3 is 11.9 Å². The van der Waals surface area contributed by atoms with Crippen LogP contribution in [0.5, 0.6) is 0 Å². The van der Waals surface area contributed by atoms with Gasteiger partial charge in [0.25, 0.3) is 0 Å². The van der Waals surface area contributed by atoms with Gasteiger partial charge in [-0.2, -0.15) is 0 Å². The summed E-state index contributed by atoms with van der Waals surface area (Å²) < 4.78 is 0.692. The minimum absolute atomic E-state index is 0.0655. The molecule has 0 fully saturated rings. The minimum Gasteiger partial charge on any atom is -0.478 e. The zero-order valence-electron chi connectivity index (χ0n) is 7.48. The molecule has 0 unspecified atom stereocenters. The highest BCUT2D eigenvalue weighted by Crippen LogP contribution is 2.18. The number of carbonyl (C=O) groups is 2. The van der Waals surface area contributed by atoms with Crippen LogP contribution in [-0.4, -0.2) is 22.2 Å². The van der Waals surface area contributed by atoms with Crippen molar-refractivity contribution in [3.8, 4) is 0 Å². The number of benzene rings is 1. The molecule has 4 nitrogen and oxygen atoms in total. The van der Waals surface area contributed by atoms with Gasteiger partial charge in [-0.15, -0.1) is 0 Å². The van der Waals surface area contributed by atoms with E-state index >= 15 is 0 Å². The van der Waals surface area contributed by atoms with Crippen LogP contribution in [-0.2, 0) is 4.79 Å². The molecule has 0 saturated carbocycles. The van der Waals surface area contributed by atoms with E-state index in [1.165, 1.54) is 12.1 Å². The van der Waals surface area contributed by atoms with Crippen LogP contribution in [0.25, 0.3) is 6.08 Å². The van der Waals surface area contributed by atoms with Gasteiger partial charge in [-0.05, 0) is 29.8 Å². The van der Waals surface area contributed by atoms with E-state index in [-0.39, 0.29) is 5.56 Å². The summed E-state index contributed by atoms with van der Waals surface area (Å²) in [5.41, 5.74) is 0.412. The van der Waals surface area contributed by atoms with E-state index in [0.717, 1.165) is 6.08 Å². The molecule has 1 aromatic carbocycles. The lowest BCUT2D eigenvalue weighted by atomic mass is 10.1. The smallest absolute Gasteiger partial charge is 0.336 e. The first kappa shape index (κ1) is 11.5. The minimum atomic E-state index is -1.12. The Bertz CT molecular complexity index is 437. The quantitative estimate of drug-likeness (QED) is 0.827. The number of hydrogen-bond acceptors (Lipinski definition) is 2. The van der Waals surface area contributed by atoms with Crippen molar-refractivity contribution in [2.75, 3.05) is 0 Å². The third-order valence-electron chi connectivity index (χ3n) is 1.65. The van der Waals surface area contributed by atoms with Crippen LogP contribution in [0.1, 0.15) is 15.9 Å². The van der Waals surface area contributed by atoms with Gasteiger partial charge in [-0.3, -0.25) is 0 Å². The molecular formula is C10H7BrO4. The lowest BCUT2D eigenvalue weighted by Gasteiger charge is -2.01. The summed E-state index contributed by atoms with van der Waals surface area (Å²) in [4.78, 5) is 21.1. The van der Waals surface area contributed by atoms with Crippen molar-refractivity contribution in [2.24, 2.45) is 0 Å². The summed E-state index contributed by atoms with van der Waals surface area (Å²) in [7, 11) is 0. The largest absolute Gasteiger partial charge is 0.478 e. The number of aromatic carboxylic acids is 1. The molecule has 0 atom stereocenters. The Labute approximate surface area is 94.0 Å². The average Bonchev–Trinajstić information content (AvgIpc) is 2.14. The Hall–Kier alpha value is -1.62. The molecular weight excluding hydrogens is 264 g/mol. The van der Waals surface area contributed by atoms with E-state index in [2.05, 4.69) is 15.9 Å². The maximum atomic E-state index is 10.8. The second kappa shape index (κ2) is 4.75. The van der Waals surface area contributed by atoms with E-state index in [1.807, 2.05) is 0 Å². The summed E-state index contributed by atoms with van der Waals surface area (Å²) in [5, 5.41) is 17.3. The Morgan fingerprint density at radius 2 is 1.93 bits per heavy atom. The van der Waals surface area contributed by atoms with Crippen molar-refractivity contribution in [3.63, 3.8) is 0 Å². The maximum absolute atomic E-state index is 10.8. The van der Waals surface area contributed by atoms with Crippen molar-refractivity contribution in [1.82, 2.24) is 0 Å². The van der Waals surface area contributed by atoms with Gasteiger partial charge in [0.2, 0.25) is 0 Å². The monoisotopic (exact) mass is 270 g/mol. The fourth-order valence-corrected chi connectivity index (χ4v) is 1.41. The lowest BCUT2D eigenvalue weighted by Crippen LogP contribution is -1.99. The van der Waals surface area contributed by atoms with Gasteiger partial charge in [0.15, 0.2) is 0 Å². The molecule has 1 aromatic rings. The van der Waals surface area contributed by atoms with Gasteiger partial charge in [0, 0.05) is 10.5 Å². The highest BCUT2D eigenvalue weighted by molar-refractivity contribution is 9.10. The van der Waals surface area contributed by atoms with Crippen LogP contribution in [0, 0.1) is 0 Å². The number of halogens is 1. The molecule has 0 aromatic heterocycles. The Balaban J connectivity index is 3.18. The van der Waals surface area contributed by atoms with E-state index in [1.54, 1.807) is 12.1 Å². The number of aliphatic carboxylic acids is 1. The van der Waals surface area contributed by atoms with Crippen LogP contribution < -0.4 is 0 Å². The van der Waals surface area contributed by atoms with Crippen LogP contribution in [0.3, 0.4) is 0 Å². The molecule has 0 spiro atoms. The van der Waals surface area contributed by atoms with Crippen LogP contribution >= 0.6 is 15.9 Å². The molecule has 2 N–H and O–H groups in total. The van der Waals surface area contributed by atoms with E-state index < -0.39 is 11.9 Å². The van der Waals surface area contributed by atoms with Crippen molar-refractivity contribution in [3.05, 3.63) is 39.9 Å². The molecule has 0 saturated heterocycles. The molecule has 0 radical (unpaired) electrons. The molecule has 0 aliphatic heterocycles. The first-order valence-corrected chi connectivity index (χ1v) is 4.74. The maximum Gasteiger partial charge on any atom is 0.336 e. The summed E-state index contributed by atoms with van der Waals surface area (Å²) in [6.07, 6.45) is 2.14. The fraction of sp³-hybridized carbons (Fsp3) is 0. The summed E-state index contributed by atoms with van der Waals surface area (Å²) >= 11 is 3.18. The second-order valence-corrected chi connectivity index (χ2v) is 3.62. The van der Waals surface area contributed by atoms with Gasteiger partial charge in [-0.1, -0.05) is 15.9 Å². The highest BCUT2D eigenvalue weighted by Gasteiger charge is 2.07. The normalized spacial score (nSPS) is 10.5. The van der Waals surface area contributed by atoms with Gasteiger partial charge in [0.1, 0.15) is 0 Å². The highest BCUT2D eigenvalue weighted by atomic mass is 79.9. The Morgan fingerprint density at radius 1 is 1.27 bits per heavy atom. The molecule has 0 bridgehead atoms. The van der Waals surface area contributed by atoms with Crippen LogP contribution in [0.15, 0.2) is 28.7 Å². The molecule has 0 amide bonds. The molecule has 0 heterocycles. The van der Waals surface area contributed by atoms with Gasteiger partial charge in [0.05, 0.1) is 5.56 Å². The predicted octanol–water partition coefficient (Wildman–Crippen LogP) is 2.25. The van der Waals surface area contributed by atoms with Crippen molar-refractivity contribution >= 4 is 33.9 Å². The first-order chi connectivity index (χ1) is 7.00. The fourth-order valence-electron chi connectivity index (χ4n) is 1.03. The van der Waals surface area contributed by atoms with Crippen molar-refractivity contribution < 1.29 is 19.8 Å². The molecule has 0 aliphatic rings. The van der Waals surface area contributed by atoms with Gasteiger partial charge < -0.3 is 10.2 Å². The predicted molar refractivity (Wildman–Crippen MR) is 57.8 cm³/mol. The van der Waals surface area contributed by atoms with Crippen LogP contribution in [0.4, 0.5) is 0 Å². The van der Waals surface area contributed by atoms with Crippen molar-refractivity contribution in [2.45, 2.75) is 0 Å². The van der Waals surface area contributed by atoms with Gasteiger partial charge in [-0.25, -0.2) is 9.59 Å². The third-order valence-corrected chi connectivity index (χ3v) is 2.14. The Kier molecular flexibility index (Phi) is 3.62. The molecule has 1 rings (SSSR count). The molecule has 0 aliphatic carbocycles. The molecule has 15 heavy (non-hydrogen) atoms. The average molecular weight is 271 g/mol.